The van der Waals surface area contributed by atoms with Crippen LogP contribution in [0, 0.1) is 6.92 Å². The van der Waals surface area contributed by atoms with Crippen molar-refractivity contribution in [3.05, 3.63) is 34.9 Å². The summed E-state index contributed by atoms with van der Waals surface area (Å²) in [5.74, 6) is 0.922. The third-order valence-electron chi connectivity index (χ3n) is 3.24. The number of rotatable bonds is 0. The van der Waals surface area contributed by atoms with Gasteiger partial charge in [0, 0.05) is 5.56 Å². The second kappa shape index (κ2) is 4.99. The summed E-state index contributed by atoms with van der Waals surface area (Å²) in [6, 6.07) is 6.17. The number of hydrogen-bond acceptors (Lipinski definition) is 1. The Kier molecular flexibility index (Phi) is 4.08. The summed E-state index contributed by atoms with van der Waals surface area (Å²) in [5, 5.41) is 0. The van der Waals surface area contributed by atoms with Gasteiger partial charge in [0.25, 0.3) is 0 Å². The second-order valence-corrected chi connectivity index (χ2v) is 4.41. The van der Waals surface area contributed by atoms with Gasteiger partial charge in [-0.05, 0) is 44.4 Å². The molecule has 0 fully saturated rings. The third kappa shape index (κ3) is 2.41. The molecule has 1 aromatic rings. The second-order valence-electron chi connectivity index (χ2n) is 4.41. The standard InChI is InChI=1S/C13H15BO.C2H6/c1-8-6-5-7-11-9(2)10(3)13(4,14)15-12(8)11;1-2/h5-7H,1-4H3;1-2H3. The Balaban J connectivity index is 0.000000686. The van der Waals surface area contributed by atoms with Gasteiger partial charge in [-0.1, -0.05) is 32.0 Å². The first kappa shape index (κ1) is 13.9. The SMILES string of the molecule is CC.[B]C1(C)Oc2c(C)cccc2C(C)=C1C. The maximum atomic E-state index is 6.12. The highest BCUT2D eigenvalue weighted by Crippen LogP contribution is 2.40. The fraction of sp³-hybridized carbons (Fsp3) is 0.467. The van der Waals surface area contributed by atoms with Crippen molar-refractivity contribution in [2.45, 2.75) is 47.0 Å². The van der Waals surface area contributed by atoms with Gasteiger partial charge in [-0.15, -0.1) is 0 Å². The van der Waals surface area contributed by atoms with Crippen LogP contribution in [0.15, 0.2) is 23.8 Å². The molecule has 0 saturated heterocycles. The van der Waals surface area contributed by atoms with Gasteiger partial charge in [-0.2, -0.15) is 0 Å². The first-order valence-electron chi connectivity index (χ1n) is 6.19. The van der Waals surface area contributed by atoms with E-state index in [1.165, 1.54) is 5.57 Å². The number of hydrogen-bond donors (Lipinski definition) is 0. The molecule has 1 atom stereocenters. The molecular weight excluding hydrogens is 207 g/mol. The van der Waals surface area contributed by atoms with Gasteiger partial charge in [0.2, 0.25) is 0 Å². The van der Waals surface area contributed by atoms with Crippen LogP contribution in [0.4, 0.5) is 0 Å². The highest BCUT2D eigenvalue weighted by Gasteiger charge is 2.30. The molecule has 1 unspecified atom stereocenters. The summed E-state index contributed by atoms with van der Waals surface area (Å²) in [7, 11) is 6.12. The maximum absolute atomic E-state index is 6.12. The van der Waals surface area contributed by atoms with E-state index >= 15 is 0 Å². The molecule has 0 amide bonds. The fourth-order valence-electron chi connectivity index (χ4n) is 1.95. The molecule has 0 aromatic heterocycles. The van der Waals surface area contributed by atoms with Crippen molar-refractivity contribution in [3.8, 4) is 5.75 Å². The van der Waals surface area contributed by atoms with Crippen LogP contribution < -0.4 is 4.74 Å². The van der Waals surface area contributed by atoms with Crippen LogP contribution >= 0.6 is 0 Å². The molecule has 2 radical (unpaired) electrons. The van der Waals surface area contributed by atoms with Crippen LogP contribution in [-0.4, -0.2) is 13.3 Å². The summed E-state index contributed by atoms with van der Waals surface area (Å²) in [5.41, 5.74) is 3.94. The Morgan fingerprint density at radius 3 is 2.29 bits per heavy atom. The van der Waals surface area contributed by atoms with Crippen LogP contribution in [-0.2, 0) is 0 Å². The lowest BCUT2D eigenvalue weighted by Gasteiger charge is -2.36. The van der Waals surface area contributed by atoms with Crippen LogP contribution in [0.1, 0.15) is 45.7 Å². The lowest BCUT2D eigenvalue weighted by molar-refractivity contribution is 0.208. The molecule has 2 heteroatoms. The van der Waals surface area contributed by atoms with E-state index in [0.29, 0.717) is 0 Å². The quantitative estimate of drug-likeness (QED) is 0.607. The first-order valence-corrected chi connectivity index (χ1v) is 6.19. The monoisotopic (exact) mass is 228 g/mol. The molecule has 1 heterocycles. The van der Waals surface area contributed by atoms with E-state index in [4.69, 9.17) is 12.6 Å². The molecule has 90 valence electrons. The molecule has 1 aromatic carbocycles. The third-order valence-corrected chi connectivity index (χ3v) is 3.24. The normalized spacial score (nSPS) is 22.2. The predicted octanol–water partition coefficient (Wildman–Crippen LogP) is 4.09. The molecular formula is C15H21BO. The van der Waals surface area contributed by atoms with Crippen LogP contribution in [0.25, 0.3) is 5.57 Å². The van der Waals surface area contributed by atoms with Crippen LogP contribution in [0.2, 0.25) is 0 Å². The van der Waals surface area contributed by atoms with E-state index in [9.17, 15) is 0 Å². The molecule has 1 aliphatic rings. The predicted molar refractivity (Wildman–Crippen MR) is 75.6 cm³/mol. The van der Waals surface area contributed by atoms with E-state index in [1.54, 1.807) is 0 Å². The zero-order chi connectivity index (χ0) is 13.2. The lowest BCUT2D eigenvalue weighted by atomic mass is 9.73. The molecule has 0 N–H and O–H groups in total. The molecule has 2 rings (SSSR count). The summed E-state index contributed by atoms with van der Waals surface area (Å²) in [6.07, 6.45) is 0. The zero-order valence-electron chi connectivity index (χ0n) is 11.7. The van der Waals surface area contributed by atoms with Gasteiger partial charge in [0.15, 0.2) is 0 Å². The zero-order valence-corrected chi connectivity index (χ0v) is 11.7. The van der Waals surface area contributed by atoms with Crippen molar-refractivity contribution in [2.24, 2.45) is 0 Å². The molecule has 1 aliphatic heterocycles. The number of para-hydroxylation sites is 1. The van der Waals surface area contributed by atoms with E-state index in [2.05, 4.69) is 13.0 Å². The van der Waals surface area contributed by atoms with Crippen molar-refractivity contribution in [3.63, 3.8) is 0 Å². The Morgan fingerprint density at radius 1 is 1.12 bits per heavy atom. The topological polar surface area (TPSA) is 9.23 Å². The van der Waals surface area contributed by atoms with Crippen molar-refractivity contribution in [2.75, 3.05) is 0 Å². The summed E-state index contributed by atoms with van der Waals surface area (Å²) < 4.78 is 5.85. The number of fused-ring (bicyclic) bond motifs is 1. The highest BCUT2D eigenvalue weighted by atomic mass is 16.5. The molecule has 0 spiro atoms. The minimum absolute atomic E-state index is 0.677. The average molecular weight is 228 g/mol. The Labute approximate surface area is 106 Å². The number of allylic oxidation sites excluding steroid dienone is 1. The van der Waals surface area contributed by atoms with E-state index < -0.39 is 5.50 Å². The highest BCUT2D eigenvalue weighted by molar-refractivity contribution is 6.17. The Hall–Kier alpha value is -1.18. The number of benzene rings is 1. The van der Waals surface area contributed by atoms with E-state index in [-0.39, 0.29) is 0 Å². The van der Waals surface area contributed by atoms with Crippen molar-refractivity contribution in [1.82, 2.24) is 0 Å². The summed E-state index contributed by atoms with van der Waals surface area (Å²) in [4.78, 5) is 0. The van der Waals surface area contributed by atoms with Gasteiger partial charge in [-0.25, -0.2) is 0 Å². The van der Waals surface area contributed by atoms with Gasteiger partial charge < -0.3 is 4.74 Å². The molecule has 0 saturated carbocycles. The van der Waals surface area contributed by atoms with Crippen molar-refractivity contribution >= 4 is 13.4 Å². The van der Waals surface area contributed by atoms with E-state index in [1.807, 2.05) is 46.8 Å². The molecule has 1 nitrogen and oxygen atoms in total. The summed E-state index contributed by atoms with van der Waals surface area (Å²) in [6.45, 7) is 12.1. The van der Waals surface area contributed by atoms with Crippen LogP contribution in [0.3, 0.4) is 0 Å². The Bertz CT molecular complexity index is 444. The lowest BCUT2D eigenvalue weighted by Crippen LogP contribution is -2.37. The van der Waals surface area contributed by atoms with Gasteiger partial charge >= 0.3 is 0 Å². The van der Waals surface area contributed by atoms with Crippen molar-refractivity contribution in [1.29, 1.82) is 0 Å². The summed E-state index contributed by atoms with van der Waals surface area (Å²) >= 11 is 0. The van der Waals surface area contributed by atoms with Gasteiger partial charge in [0.1, 0.15) is 13.6 Å². The molecule has 0 aliphatic carbocycles. The minimum Gasteiger partial charge on any atom is -0.493 e. The number of aryl methyl sites for hydroxylation is 1. The Morgan fingerprint density at radius 2 is 1.71 bits per heavy atom. The minimum atomic E-state index is -0.677. The van der Waals surface area contributed by atoms with Crippen LogP contribution in [0.5, 0.6) is 5.75 Å². The van der Waals surface area contributed by atoms with Gasteiger partial charge in [0.05, 0.1) is 5.50 Å². The smallest absolute Gasteiger partial charge is 0.137 e. The molecule has 0 bridgehead atoms. The number of ether oxygens (including phenoxy) is 1. The average Bonchev–Trinajstić information content (AvgIpc) is 2.31. The largest absolute Gasteiger partial charge is 0.493 e. The van der Waals surface area contributed by atoms with Gasteiger partial charge in [-0.3, -0.25) is 0 Å². The molecule has 17 heavy (non-hydrogen) atoms. The van der Waals surface area contributed by atoms with Crippen molar-refractivity contribution < 1.29 is 4.74 Å². The first-order chi connectivity index (χ1) is 7.93. The fourth-order valence-corrected chi connectivity index (χ4v) is 1.95. The maximum Gasteiger partial charge on any atom is 0.137 e. The van der Waals surface area contributed by atoms with E-state index in [0.717, 1.165) is 22.4 Å².